The van der Waals surface area contributed by atoms with Gasteiger partial charge in [-0.2, -0.15) is 21.6 Å². The van der Waals surface area contributed by atoms with Crippen LogP contribution in [-0.4, -0.2) is 57.4 Å². The van der Waals surface area contributed by atoms with Crippen LogP contribution in [0.15, 0.2) is 103 Å². The number of aryl methyl sites for hydroxylation is 1. The van der Waals surface area contributed by atoms with Crippen molar-refractivity contribution in [2.45, 2.75) is 70.3 Å². The van der Waals surface area contributed by atoms with Crippen molar-refractivity contribution in [3.63, 3.8) is 0 Å². The van der Waals surface area contributed by atoms with E-state index in [1.165, 1.54) is 74.7 Å². The number of esters is 2. The topological polar surface area (TPSA) is 167 Å². The molecule has 1 unspecified atom stereocenters. The molecule has 0 radical (unpaired) electrons. The molecule has 1 aliphatic rings. The number of carbonyl (C=O) groups excluding carboxylic acids is 4. The number of ketones is 2. The Hall–Kier alpha value is -6.46. The third kappa shape index (κ3) is 13.8. The van der Waals surface area contributed by atoms with Crippen molar-refractivity contribution >= 4 is 39.7 Å². The van der Waals surface area contributed by atoms with Crippen molar-refractivity contribution in [1.82, 2.24) is 0 Å². The van der Waals surface area contributed by atoms with Crippen molar-refractivity contribution < 1.29 is 73.4 Å². The van der Waals surface area contributed by atoms with Crippen molar-refractivity contribution in [2.75, 3.05) is 13.7 Å². The Bertz CT molecular complexity index is 2370. The van der Waals surface area contributed by atoms with Gasteiger partial charge in [-0.25, -0.2) is 0 Å². The van der Waals surface area contributed by atoms with Gasteiger partial charge in [-0.15, -0.1) is 0 Å². The Labute approximate surface area is 356 Å². The molecule has 328 valence electrons. The number of rotatable bonds is 19. The van der Waals surface area contributed by atoms with Crippen LogP contribution in [0.25, 0.3) is 6.08 Å². The van der Waals surface area contributed by atoms with E-state index in [-0.39, 0.29) is 53.3 Å². The second kappa shape index (κ2) is 21.4. The Kier molecular flexibility index (Phi) is 16.1. The minimum atomic E-state index is -5.97. The monoisotopic (exact) mass is 880 g/mol. The predicted molar refractivity (Wildman–Crippen MR) is 219 cm³/mol. The van der Waals surface area contributed by atoms with Crippen LogP contribution in [0.1, 0.15) is 79.1 Å². The van der Waals surface area contributed by atoms with E-state index >= 15 is 0 Å². The Morgan fingerprint density at radius 1 is 0.806 bits per heavy atom. The molecule has 17 heteroatoms. The van der Waals surface area contributed by atoms with E-state index in [1.807, 2.05) is 24.3 Å². The lowest BCUT2D eigenvalue weighted by Crippen LogP contribution is -2.28. The summed E-state index contributed by atoms with van der Waals surface area (Å²) in [4.78, 5) is 50.2. The van der Waals surface area contributed by atoms with E-state index in [0.29, 0.717) is 30.1 Å². The van der Waals surface area contributed by atoms with E-state index in [1.54, 1.807) is 12.1 Å². The van der Waals surface area contributed by atoms with E-state index in [4.69, 9.17) is 28.4 Å². The summed E-state index contributed by atoms with van der Waals surface area (Å²) in [5, 5.41) is 0. The second-order valence-corrected chi connectivity index (χ2v) is 15.3. The maximum Gasteiger partial charge on any atom is 0.534 e. The summed E-state index contributed by atoms with van der Waals surface area (Å²) in [6.45, 7) is 3.07. The molecule has 4 aromatic rings. The van der Waals surface area contributed by atoms with Crippen molar-refractivity contribution in [3.05, 3.63) is 125 Å². The van der Waals surface area contributed by atoms with Crippen LogP contribution in [0, 0.1) is 0 Å². The van der Waals surface area contributed by atoms with Crippen LogP contribution in [-0.2, 0) is 35.7 Å². The standard InChI is InChI=1S/C45H43F3O13S/c1-29(49)57-35-19-11-32(12-20-35)15-25-39(52)44-41(55-3)27-38(58-30(2)50)28-42(44)60-40(33-16-23-37(24-17-33)61-62(53,54)45(46,47)48)8-6-7-34(51)18-10-31-13-21-36(22-14-31)59-43-9-4-5-26-56-43/h6-7,11-17,19-25,27-28,40,43H,4-5,8-10,18,26H2,1-3H3/b7-6?,25-15+/t40-,43?/m0/s1. The first-order chi connectivity index (χ1) is 29.5. The van der Waals surface area contributed by atoms with Crippen LogP contribution in [0.2, 0.25) is 0 Å². The van der Waals surface area contributed by atoms with Gasteiger partial charge >= 0.3 is 27.6 Å². The van der Waals surface area contributed by atoms with Gasteiger partial charge in [0.2, 0.25) is 0 Å². The summed E-state index contributed by atoms with van der Waals surface area (Å²) in [6.07, 6.45) is 7.54. The average molecular weight is 881 g/mol. The molecule has 0 saturated carbocycles. The van der Waals surface area contributed by atoms with Gasteiger partial charge in [0.15, 0.2) is 17.9 Å². The minimum Gasteiger partial charge on any atom is -0.496 e. The van der Waals surface area contributed by atoms with Gasteiger partial charge in [-0.05, 0) is 84.5 Å². The molecule has 0 spiro atoms. The molecule has 0 aromatic heterocycles. The highest BCUT2D eigenvalue weighted by molar-refractivity contribution is 7.88. The van der Waals surface area contributed by atoms with Crippen LogP contribution in [0.4, 0.5) is 13.2 Å². The maximum absolute atomic E-state index is 13.9. The van der Waals surface area contributed by atoms with Crippen LogP contribution >= 0.6 is 0 Å². The van der Waals surface area contributed by atoms with Gasteiger partial charge < -0.3 is 32.6 Å². The molecule has 1 fully saturated rings. The van der Waals surface area contributed by atoms with Crippen molar-refractivity contribution in [3.8, 4) is 34.5 Å². The van der Waals surface area contributed by atoms with Crippen molar-refractivity contribution in [2.24, 2.45) is 0 Å². The highest BCUT2D eigenvalue weighted by Gasteiger charge is 2.48. The van der Waals surface area contributed by atoms with E-state index in [2.05, 4.69) is 4.18 Å². The quantitative estimate of drug-likeness (QED) is 0.0219. The number of methoxy groups -OCH3 is 1. The van der Waals surface area contributed by atoms with Gasteiger partial charge in [0.1, 0.15) is 46.2 Å². The molecule has 13 nitrogen and oxygen atoms in total. The molecule has 4 aromatic carbocycles. The molecule has 1 aliphatic heterocycles. The number of alkyl halides is 3. The fourth-order valence-electron chi connectivity index (χ4n) is 6.04. The number of carbonyl (C=O) groups is 4. The Balaban J connectivity index is 1.40. The lowest BCUT2D eigenvalue weighted by atomic mass is 10.0. The summed E-state index contributed by atoms with van der Waals surface area (Å²) >= 11 is 0. The second-order valence-electron chi connectivity index (χ2n) is 13.8. The first kappa shape index (κ1) is 46.6. The molecule has 2 atom stereocenters. The Morgan fingerprint density at radius 2 is 1.44 bits per heavy atom. The highest BCUT2D eigenvalue weighted by Crippen LogP contribution is 2.39. The molecule has 0 amide bonds. The predicted octanol–water partition coefficient (Wildman–Crippen LogP) is 8.84. The number of hydrogen-bond acceptors (Lipinski definition) is 13. The molecule has 0 aliphatic carbocycles. The van der Waals surface area contributed by atoms with Crippen LogP contribution in [0.3, 0.4) is 0 Å². The van der Waals surface area contributed by atoms with Gasteiger partial charge in [0.05, 0.1) is 13.7 Å². The van der Waals surface area contributed by atoms with Crippen LogP contribution in [0.5, 0.6) is 34.5 Å². The molecule has 62 heavy (non-hydrogen) atoms. The molecular weight excluding hydrogens is 838 g/mol. The molecule has 1 heterocycles. The first-order valence-electron chi connectivity index (χ1n) is 19.2. The van der Waals surface area contributed by atoms with E-state index in [0.717, 1.165) is 43.9 Å². The zero-order valence-corrected chi connectivity index (χ0v) is 34.7. The SMILES string of the molecule is COc1cc(OC(C)=O)cc(O[C@@H](CC=CC(=O)CCc2ccc(OC3CCCCO3)cc2)c2ccc(OS(=O)(=O)C(F)(F)F)cc2)c1C(=O)/C=C/c1ccc(OC(C)=O)cc1. The van der Waals surface area contributed by atoms with Crippen molar-refractivity contribution in [1.29, 1.82) is 0 Å². The zero-order valence-electron chi connectivity index (χ0n) is 33.8. The number of ether oxygens (including phenoxy) is 6. The summed E-state index contributed by atoms with van der Waals surface area (Å²) < 4.78 is 100. The van der Waals surface area contributed by atoms with E-state index < -0.39 is 45.2 Å². The summed E-state index contributed by atoms with van der Waals surface area (Å²) in [5.74, 6) is -2.00. The maximum atomic E-state index is 13.9. The molecule has 1 saturated heterocycles. The molecular formula is C45H43F3O13S. The minimum absolute atomic E-state index is 0.0499. The largest absolute Gasteiger partial charge is 0.534 e. The number of hydrogen-bond donors (Lipinski definition) is 0. The normalized spacial score (nSPS) is 14.8. The lowest BCUT2D eigenvalue weighted by Gasteiger charge is -2.23. The van der Waals surface area contributed by atoms with Gasteiger partial charge in [-0.3, -0.25) is 19.2 Å². The van der Waals surface area contributed by atoms with Gasteiger partial charge in [0.25, 0.3) is 0 Å². The third-order valence-corrected chi connectivity index (χ3v) is 9.97. The number of halogens is 3. The number of allylic oxidation sites excluding steroid dienone is 2. The summed E-state index contributed by atoms with van der Waals surface area (Å²) in [6, 6.07) is 20.7. The highest BCUT2D eigenvalue weighted by atomic mass is 32.2. The summed E-state index contributed by atoms with van der Waals surface area (Å²) in [5.41, 5.74) is -4.07. The average Bonchev–Trinajstić information content (AvgIpc) is 3.22. The van der Waals surface area contributed by atoms with Gasteiger partial charge in [0, 0.05) is 45.2 Å². The first-order valence-corrected chi connectivity index (χ1v) is 20.7. The lowest BCUT2D eigenvalue weighted by molar-refractivity contribution is -0.132. The summed E-state index contributed by atoms with van der Waals surface area (Å²) in [7, 11) is -4.69. The van der Waals surface area contributed by atoms with Crippen LogP contribution < -0.4 is 27.9 Å². The smallest absolute Gasteiger partial charge is 0.496 e. The fraction of sp³-hybridized carbons (Fsp3) is 0.289. The molecule has 5 rings (SSSR count). The zero-order chi connectivity index (χ0) is 44.9. The van der Waals surface area contributed by atoms with Gasteiger partial charge in [-0.1, -0.05) is 48.6 Å². The number of benzene rings is 4. The molecule has 0 N–H and O–H groups in total. The Morgan fingerprint density at radius 3 is 2.05 bits per heavy atom. The third-order valence-electron chi connectivity index (χ3n) is 8.99. The molecule has 0 bridgehead atoms. The van der Waals surface area contributed by atoms with E-state index in [9.17, 15) is 40.8 Å². The fourth-order valence-corrected chi connectivity index (χ4v) is 6.50.